The highest BCUT2D eigenvalue weighted by Crippen LogP contribution is 2.03. The number of rotatable bonds is 9. The Balaban J connectivity index is 3.32. The van der Waals surface area contributed by atoms with Gasteiger partial charge in [-0.2, -0.15) is 8.42 Å². The second-order valence-corrected chi connectivity index (χ2v) is 5.72. The predicted octanol–water partition coefficient (Wildman–Crippen LogP) is 2.08. The van der Waals surface area contributed by atoms with Crippen LogP contribution in [0.25, 0.3) is 0 Å². The summed E-state index contributed by atoms with van der Waals surface area (Å²) in [6.45, 7) is 2.00. The third kappa shape index (κ3) is 9.11. The van der Waals surface area contributed by atoms with Crippen molar-refractivity contribution in [3.63, 3.8) is 0 Å². The van der Waals surface area contributed by atoms with Gasteiger partial charge in [0.15, 0.2) is 0 Å². The molecule has 0 bridgehead atoms. The Hall–Kier alpha value is 0.160. The molecule has 92 valence electrons. The first kappa shape index (κ1) is 15.2. The SMILES string of the molecule is CC(COCCCCCCCl)S(=O)(=O)O. The van der Waals surface area contributed by atoms with Crippen LogP contribution in [-0.4, -0.2) is 37.3 Å². The highest BCUT2D eigenvalue weighted by atomic mass is 35.5. The predicted molar refractivity (Wildman–Crippen MR) is 61.0 cm³/mol. The summed E-state index contributed by atoms with van der Waals surface area (Å²) in [6, 6.07) is 0. The van der Waals surface area contributed by atoms with Crippen molar-refractivity contribution >= 4 is 21.7 Å². The van der Waals surface area contributed by atoms with Crippen molar-refractivity contribution < 1.29 is 17.7 Å². The van der Waals surface area contributed by atoms with Crippen molar-refractivity contribution in [2.24, 2.45) is 0 Å². The van der Waals surface area contributed by atoms with Crippen molar-refractivity contribution in [1.29, 1.82) is 0 Å². The van der Waals surface area contributed by atoms with Crippen LogP contribution in [0.1, 0.15) is 32.6 Å². The van der Waals surface area contributed by atoms with Gasteiger partial charge in [0.1, 0.15) is 5.25 Å². The summed E-state index contributed by atoms with van der Waals surface area (Å²) in [7, 11) is -3.95. The topological polar surface area (TPSA) is 63.6 Å². The van der Waals surface area contributed by atoms with Gasteiger partial charge in [-0.1, -0.05) is 12.8 Å². The molecular formula is C9H19ClO4S. The average Bonchev–Trinajstić information content (AvgIpc) is 2.14. The zero-order valence-corrected chi connectivity index (χ0v) is 10.6. The summed E-state index contributed by atoms with van der Waals surface area (Å²) in [4.78, 5) is 0. The number of halogens is 1. The van der Waals surface area contributed by atoms with E-state index in [0.29, 0.717) is 12.5 Å². The minimum atomic E-state index is -3.95. The fraction of sp³-hybridized carbons (Fsp3) is 1.00. The van der Waals surface area contributed by atoms with Gasteiger partial charge in [0, 0.05) is 12.5 Å². The maximum absolute atomic E-state index is 10.6. The number of ether oxygens (including phenoxy) is 1. The molecule has 0 aliphatic carbocycles. The summed E-state index contributed by atoms with van der Waals surface area (Å²) in [5, 5.41) is -0.847. The molecule has 0 saturated carbocycles. The van der Waals surface area contributed by atoms with E-state index >= 15 is 0 Å². The molecule has 4 nitrogen and oxygen atoms in total. The van der Waals surface area contributed by atoms with Crippen molar-refractivity contribution in [3.8, 4) is 0 Å². The van der Waals surface area contributed by atoms with E-state index in [1.807, 2.05) is 0 Å². The minimum absolute atomic E-state index is 0.0499. The molecule has 1 unspecified atom stereocenters. The lowest BCUT2D eigenvalue weighted by atomic mass is 10.2. The maximum atomic E-state index is 10.6. The van der Waals surface area contributed by atoms with Crippen LogP contribution in [0.15, 0.2) is 0 Å². The molecule has 1 N–H and O–H groups in total. The highest BCUT2D eigenvalue weighted by Gasteiger charge is 2.16. The molecular weight excluding hydrogens is 240 g/mol. The van der Waals surface area contributed by atoms with E-state index < -0.39 is 15.4 Å². The fourth-order valence-corrected chi connectivity index (χ4v) is 1.44. The molecule has 0 spiro atoms. The molecule has 0 radical (unpaired) electrons. The van der Waals surface area contributed by atoms with Gasteiger partial charge >= 0.3 is 0 Å². The quantitative estimate of drug-likeness (QED) is 0.391. The van der Waals surface area contributed by atoms with Crippen LogP contribution < -0.4 is 0 Å². The van der Waals surface area contributed by atoms with Gasteiger partial charge in [-0.25, -0.2) is 0 Å². The second kappa shape index (κ2) is 8.33. The second-order valence-electron chi connectivity index (χ2n) is 3.50. The fourth-order valence-electron chi connectivity index (χ4n) is 0.987. The normalized spacial score (nSPS) is 14.1. The van der Waals surface area contributed by atoms with Crippen LogP contribution in [0.2, 0.25) is 0 Å². The molecule has 0 aromatic rings. The zero-order chi connectivity index (χ0) is 11.7. The number of alkyl halides is 1. The molecule has 0 aromatic carbocycles. The molecule has 0 aliphatic heterocycles. The lowest BCUT2D eigenvalue weighted by molar-refractivity contribution is 0.130. The van der Waals surface area contributed by atoms with E-state index in [1.165, 1.54) is 6.92 Å². The number of hydrogen-bond acceptors (Lipinski definition) is 3. The molecule has 0 saturated heterocycles. The summed E-state index contributed by atoms with van der Waals surface area (Å²) in [5.41, 5.74) is 0. The van der Waals surface area contributed by atoms with E-state index in [9.17, 15) is 8.42 Å². The third-order valence-electron chi connectivity index (χ3n) is 2.03. The van der Waals surface area contributed by atoms with Gasteiger partial charge in [-0.05, 0) is 19.8 Å². The molecule has 6 heteroatoms. The Morgan fingerprint density at radius 1 is 1.27 bits per heavy atom. The first-order chi connectivity index (χ1) is 6.98. The minimum Gasteiger partial charge on any atom is -0.380 e. The van der Waals surface area contributed by atoms with Gasteiger partial charge in [-0.3, -0.25) is 4.55 Å². The van der Waals surface area contributed by atoms with Gasteiger partial charge in [0.05, 0.1) is 6.61 Å². The van der Waals surface area contributed by atoms with Crippen LogP contribution >= 0.6 is 11.6 Å². The number of hydrogen-bond donors (Lipinski definition) is 1. The highest BCUT2D eigenvalue weighted by molar-refractivity contribution is 7.86. The molecule has 0 fully saturated rings. The van der Waals surface area contributed by atoms with Gasteiger partial charge in [0.25, 0.3) is 10.1 Å². The first-order valence-electron chi connectivity index (χ1n) is 5.08. The van der Waals surface area contributed by atoms with Crippen molar-refractivity contribution in [1.82, 2.24) is 0 Å². The molecule has 0 aromatic heterocycles. The van der Waals surface area contributed by atoms with E-state index in [4.69, 9.17) is 20.9 Å². The summed E-state index contributed by atoms with van der Waals surface area (Å²) in [5.74, 6) is 0.681. The van der Waals surface area contributed by atoms with E-state index in [0.717, 1.165) is 25.7 Å². The molecule has 0 rings (SSSR count). The first-order valence-corrected chi connectivity index (χ1v) is 7.12. The van der Waals surface area contributed by atoms with Gasteiger partial charge in [-0.15, -0.1) is 11.6 Å². The van der Waals surface area contributed by atoms with Crippen LogP contribution in [0.5, 0.6) is 0 Å². The summed E-state index contributed by atoms with van der Waals surface area (Å²) < 4.78 is 35.0. The van der Waals surface area contributed by atoms with Crippen molar-refractivity contribution in [2.45, 2.75) is 37.9 Å². The zero-order valence-electron chi connectivity index (χ0n) is 8.99. The molecule has 0 aliphatic rings. The third-order valence-corrected chi connectivity index (χ3v) is 3.45. The summed E-state index contributed by atoms with van der Waals surface area (Å²) >= 11 is 5.51. The van der Waals surface area contributed by atoms with Gasteiger partial charge < -0.3 is 4.74 Å². The van der Waals surface area contributed by atoms with E-state index in [-0.39, 0.29) is 6.61 Å². The standard InChI is InChI=1S/C9H19ClO4S/c1-9(15(11,12)13)8-14-7-5-3-2-4-6-10/h9H,2-8H2,1H3,(H,11,12,13). The average molecular weight is 259 g/mol. The number of unbranched alkanes of at least 4 members (excludes halogenated alkanes) is 3. The lowest BCUT2D eigenvalue weighted by Crippen LogP contribution is -2.22. The van der Waals surface area contributed by atoms with E-state index in [1.54, 1.807) is 0 Å². The Kier molecular flexibility index (Phi) is 8.42. The van der Waals surface area contributed by atoms with Gasteiger partial charge in [0.2, 0.25) is 0 Å². The smallest absolute Gasteiger partial charge is 0.269 e. The van der Waals surface area contributed by atoms with Crippen LogP contribution in [-0.2, 0) is 14.9 Å². The van der Waals surface area contributed by atoms with Crippen molar-refractivity contribution in [3.05, 3.63) is 0 Å². The van der Waals surface area contributed by atoms with Crippen molar-refractivity contribution in [2.75, 3.05) is 19.1 Å². The summed E-state index contributed by atoms with van der Waals surface area (Å²) in [6.07, 6.45) is 4.01. The Bertz CT molecular complexity index is 240. The Morgan fingerprint density at radius 2 is 1.87 bits per heavy atom. The largest absolute Gasteiger partial charge is 0.380 e. The molecule has 0 amide bonds. The Morgan fingerprint density at radius 3 is 2.40 bits per heavy atom. The Labute approximate surface area is 96.7 Å². The molecule has 0 heterocycles. The maximum Gasteiger partial charge on any atom is 0.269 e. The monoisotopic (exact) mass is 258 g/mol. The molecule has 1 atom stereocenters. The van der Waals surface area contributed by atoms with Crippen LogP contribution in [0, 0.1) is 0 Å². The van der Waals surface area contributed by atoms with E-state index in [2.05, 4.69) is 0 Å². The molecule has 15 heavy (non-hydrogen) atoms. The van der Waals surface area contributed by atoms with Crippen LogP contribution in [0.4, 0.5) is 0 Å². The lowest BCUT2D eigenvalue weighted by Gasteiger charge is -2.08. The van der Waals surface area contributed by atoms with Crippen LogP contribution in [0.3, 0.4) is 0 Å².